The maximum Gasteiger partial charge on any atom is 0.155 e. The minimum Gasteiger partial charge on any atom is -0.305 e. The lowest BCUT2D eigenvalue weighted by Crippen LogP contribution is -2.33. The Balaban J connectivity index is 1.52. The molecular formula is C21H27N5. The first kappa shape index (κ1) is 17.2. The molecule has 0 N–H and O–H groups in total. The van der Waals surface area contributed by atoms with Gasteiger partial charge >= 0.3 is 0 Å². The van der Waals surface area contributed by atoms with Gasteiger partial charge in [0.25, 0.3) is 0 Å². The van der Waals surface area contributed by atoms with Gasteiger partial charge in [0.2, 0.25) is 0 Å². The Kier molecular flexibility index (Phi) is 5.00. The van der Waals surface area contributed by atoms with Crippen molar-refractivity contribution in [3.63, 3.8) is 0 Å². The molecule has 3 aromatic rings. The first-order valence-corrected chi connectivity index (χ1v) is 9.45. The third-order valence-electron chi connectivity index (χ3n) is 5.21. The number of benzene rings is 1. The summed E-state index contributed by atoms with van der Waals surface area (Å²) in [5.41, 5.74) is 5.04. The summed E-state index contributed by atoms with van der Waals surface area (Å²) in [6.45, 7) is 3.11. The second kappa shape index (κ2) is 7.56. The van der Waals surface area contributed by atoms with Crippen molar-refractivity contribution in [1.29, 1.82) is 0 Å². The first-order chi connectivity index (χ1) is 12.7. The third-order valence-corrected chi connectivity index (χ3v) is 5.21. The molecule has 1 aromatic carbocycles. The number of piperidine rings is 1. The van der Waals surface area contributed by atoms with Gasteiger partial charge in [0, 0.05) is 25.3 Å². The molecule has 1 aliphatic heterocycles. The molecule has 3 heterocycles. The maximum atomic E-state index is 4.31. The number of nitrogens with zero attached hydrogens (tertiary/aromatic N) is 5. The third kappa shape index (κ3) is 3.79. The number of hydrogen-bond acceptors (Lipinski definition) is 4. The maximum absolute atomic E-state index is 4.31. The topological polar surface area (TPSA) is 36.7 Å². The highest BCUT2D eigenvalue weighted by Gasteiger charge is 2.24. The van der Waals surface area contributed by atoms with Gasteiger partial charge in [0.1, 0.15) is 6.33 Å². The fraction of sp³-hybridized carbons (Fsp3) is 0.429. The zero-order chi connectivity index (χ0) is 17.9. The van der Waals surface area contributed by atoms with E-state index in [0.29, 0.717) is 6.04 Å². The lowest BCUT2D eigenvalue weighted by Gasteiger charge is -2.36. The van der Waals surface area contributed by atoms with E-state index in [0.717, 1.165) is 25.3 Å². The molecule has 2 aromatic heterocycles. The average molecular weight is 349 g/mol. The Morgan fingerprint density at radius 3 is 2.73 bits per heavy atom. The summed E-state index contributed by atoms with van der Waals surface area (Å²) >= 11 is 0. The van der Waals surface area contributed by atoms with Crippen molar-refractivity contribution in [3.8, 4) is 0 Å². The number of fused-ring (bicyclic) bond motifs is 1. The molecule has 0 amide bonds. The van der Waals surface area contributed by atoms with Crippen LogP contribution in [0.15, 0.2) is 48.9 Å². The normalized spacial score (nSPS) is 18.7. The van der Waals surface area contributed by atoms with E-state index in [4.69, 9.17) is 0 Å². The van der Waals surface area contributed by atoms with Crippen LogP contribution in [-0.4, -0.2) is 45.0 Å². The predicted octanol–water partition coefficient (Wildman–Crippen LogP) is 3.52. The van der Waals surface area contributed by atoms with Crippen molar-refractivity contribution in [2.75, 3.05) is 20.6 Å². The van der Waals surface area contributed by atoms with Gasteiger partial charge in [-0.15, -0.1) is 0 Å². The summed E-state index contributed by atoms with van der Waals surface area (Å²) in [5.74, 6) is 0. The van der Waals surface area contributed by atoms with Crippen molar-refractivity contribution in [3.05, 3.63) is 65.6 Å². The second-order valence-corrected chi connectivity index (χ2v) is 7.56. The van der Waals surface area contributed by atoms with Gasteiger partial charge in [-0.2, -0.15) is 5.10 Å². The van der Waals surface area contributed by atoms with Crippen LogP contribution in [0.3, 0.4) is 0 Å². The van der Waals surface area contributed by atoms with E-state index < -0.39 is 0 Å². The molecule has 0 bridgehead atoms. The number of rotatable bonds is 5. The van der Waals surface area contributed by atoms with E-state index in [9.17, 15) is 0 Å². The van der Waals surface area contributed by atoms with Crippen LogP contribution in [0.2, 0.25) is 0 Å². The number of hydrogen-bond donors (Lipinski definition) is 0. The van der Waals surface area contributed by atoms with E-state index >= 15 is 0 Å². The van der Waals surface area contributed by atoms with E-state index in [-0.39, 0.29) is 0 Å². The van der Waals surface area contributed by atoms with Crippen molar-refractivity contribution in [2.45, 2.75) is 38.4 Å². The molecule has 136 valence electrons. The fourth-order valence-electron chi connectivity index (χ4n) is 3.96. The molecule has 26 heavy (non-hydrogen) atoms. The SMILES string of the molecule is CN(C)Cc1ccc(C2CCCCN2Cc2ccn3ncnc3c2)cc1. The van der Waals surface area contributed by atoms with Gasteiger partial charge < -0.3 is 4.90 Å². The molecule has 4 rings (SSSR count). The molecule has 1 fully saturated rings. The van der Waals surface area contributed by atoms with E-state index in [1.54, 1.807) is 6.33 Å². The Morgan fingerprint density at radius 1 is 1.08 bits per heavy atom. The van der Waals surface area contributed by atoms with Gasteiger partial charge in [-0.3, -0.25) is 4.90 Å². The second-order valence-electron chi connectivity index (χ2n) is 7.56. The summed E-state index contributed by atoms with van der Waals surface area (Å²) in [6.07, 6.45) is 7.44. The van der Waals surface area contributed by atoms with Crippen LogP contribution in [0.5, 0.6) is 0 Å². The van der Waals surface area contributed by atoms with Crippen molar-refractivity contribution in [1.82, 2.24) is 24.4 Å². The van der Waals surface area contributed by atoms with Gasteiger partial charge in [-0.05, 0) is 62.3 Å². The van der Waals surface area contributed by atoms with Crippen LogP contribution in [0.4, 0.5) is 0 Å². The average Bonchev–Trinajstić information content (AvgIpc) is 3.10. The number of pyridine rings is 1. The van der Waals surface area contributed by atoms with Crippen LogP contribution in [0.1, 0.15) is 42.0 Å². The standard InChI is InChI=1S/C21H27N5/c1-24(2)14-17-6-8-19(9-7-17)20-5-3-4-11-25(20)15-18-10-12-26-21(13-18)22-16-23-26/h6-10,12-13,16,20H,3-5,11,14-15H2,1-2H3. The molecule has 1 atom stereocenters. The number of likely N-dealkylation sites (tertiary alicyclic amines) is 1. The molecular weight excluding hydrogens is 322 g/mol. The van der Waals surface area contributed by atoms with Crippen molar-refractivity contribution >= 4 is 5.65 Å². The monoisotopic (exact) mass is 349 g/mol. The summed E-state index contributed by atoms with van der Waals surface area (Å²) in [4.78, 5) is 9.14. The van der Waals surface area contributed by atoms with Crippen LogP contribution >= 0.6 is 0 Å². The zero-order valence-corrected chi connectivity index (χ0v) is 15.7. The Bertz CT molecular complexity index is 852. The van der Waals surface area contributed by atoms with E-state index in [1.165, 1.54) is 36.0 Å². The molecule has 1 saturated heterocycles. The summed E-state index contributed by atoms with van der Waals surface area (Å²) in [6, 6.07) is 14.0. The minimum absolute atomic E-state index is 0.506. The molecule has 1 aliphatic rings. The zero-order valence-electron chi connectivity index (χ0n) is 15.7. The number of aromatic nitrogens is 3. The minimum atomic E-state index is 0.506. The Morgan fingerprint density at radius 2 is 1.92 bits per heavy atom. The highest BCUT2D eigenvalue weighted by molar-refractivity contribution is 5.39. The largest absolute Gasteiger partial charge is 0.305 e. The molecule has 0 spiro atoms. The molecule has 0 aliphatic carbocycles. The lowest BCUT2D eigenvalue weighted by atomic mass is 9.94. The molecule has 0 radical (unpaired) electrons. The predicted molar refractivity (Wildman–Crippen MR) is 104 cm³/mol. The highest BCUT2D eigenvalue weighted by atomic mass is 15.3. The fourth-order valence-corrected chi connectivity index (χ4v) is 3.96. The molecule has 5 heteroatoms. The molecule has 5 nitrogen and oxygen atoms in total. The van der Waals surface area contributed by atoms with Crippen molar-refractivity contribution in [2.24, 2.45) is 0 Å². The highest BCUT2D eigenvalue weighted by Crippen LogP contribution is 2.32. The summed E-state index contributed by atoms with van der Waals surface area (Å²) in [5, 5.41) is 4.19. The molecule has 0 saturated carbocycles. The van der Waals surface area contributed by atoms with Crippen LogP contribution in [0, 0.1) is 0 Å². The van der Waals surface area contributed by atoms with Gasteiger partial charge in [-0.25, -0.2) is 9.50 Å². The smallest absolute Gasteiger partial charge is 0.155 e. The van der Waals surface area contributed by atoms with Crippen LogP contribution in [0.25, 0.3) is 5.65 Å². The van der Waals surface area contributed by atoms with E-state index in [1.807, 2.05) is 10.7 Å². The van der Waals surface area contributed by atoms with E-state index in [2.05, 4.69) is 70.4 Å². The van der Waals surface area contributed by atoms with Crippen molar-refractivity contribution < 1.29 is 0 Å². The van der Waals surface area contributed by atoms with Crippen LogP contribution < -0.4 is 0 Å². The molecule has 1 unspecified atom stereocenters. The quantitative estimate of drug-likeness (QED) is 0.706. The Labute approximate surface area is 155 Å². The van der Waals surface area contributed by atoms with Gasteiger partial charge in [0.05, 0.1) is 0 Å². The summed E-state index contributed by atoms with van der Waals surface area (Å²) < 4.78 is 1.82. The summed E-state index contributed by atoms with van der Waals surface area (Å²) in [7, 11) is 4.23. The van der Waals surface area contributed by atoms with Gasteiger partial charge in [0.15, 0.2) is 5.65 Å². The Hall–Kier alpha value is -2.24. The van der Waals surface area contributed by atoms with Crippen LogP contribution in [-0.2, 0) is 13.1 Å². The lowest BCUT2D eigenvalue weighted by molar-refractivity contribution is 0.140. The first-order valence-electron chi connectivity index (χ1n) is 9.45. The van der Waals surface area contributed by atoms with Gasteiger partial charge in [-0.1, -0.05) is 30.7 Å².